The van der Waals surface area contributed by atoms with Gasteiger partial charge in [-0.15, -0.1) is 0 Å². The van der Waals surface area contributed by atoms with Gasteiger partial charge in [0.25, 0.3) is 0 Å². The second kappa shape index (κ2) is 11.1. The molecule has 7 rings (SSSR count). The van der Waals surface area contributed by atoms with Gasteiger partial charge in [0.15, 0.2) is 0 Å². The molecule has 1 fully saturated rings. The van der Waals surface area contributed by atoms with Gasteiger partial charge in [-0.3, -0.25) is 0 Å². The highest BCUT2D eigenvalue weighted by Crippen LogP contribution is 2.36. The van der Waals surface area contributed by atoms with E-state index in [1.54, 1.807) is 0 Å². The smallest absolute Gasteiger partial charge is 0.339 e. The molecule has 1 saturated carbocycles. The summed E-state index contributed by atoms with van der Waals surface area (Å²) in [4.78, 5) is 13.6. The fourth-order valence-electron chi connectivity index (χ4n) is 6.18. The number of esters is 1. The third kappa shape index (κ3) is 4.93. The number of aromatic nitrogens is 1. The van der Waals surface area contributed by atoms with Gasteiger partial charge in [-0.1, -0.05) is 103 Å². The number of fused-ring (bicyclic) bond motifs is 4. The summed E-state index contributed by atoms with van der Waals surface area (Å²) in [5, 5.41) is 4.80. The van der Waals surface area contributed by atoms with E-state index in [1.807, 2.05) is 12.1 Å². The van der Waals surface area contributed by atoms with Gasteiger partial charge in [-0.05, 0) is 77.8 Å². The number of hydrogen-bond donors (Lipinski definition) is 0. The van der Waals surface area contributed by atoms with Crippen molar-refractivity contribution in [3.8, 4) is 0 Å². The van der Waals surface area contributed by atoms with E-state index in [1.165, 1.54) is 21.8 Å². The number of hydrogen-bond acceptors (Lipinski definition) is 2. The van der Waals surface area contributed by atoms with Crippen LogP contribution >= 0.6 is 0 Å². The quantitative estimate of drug-likeness (QED) is 0.143. The Morgan fingerprint density at radius 3 is 2.05 bits per heavy atom. The van der Waals surface area contributed by atoms with Gasteiger partial charge in [-0.25, -0.2) is 4.79 Å². The number of carbonyl (C=O) groups excluding carboxylic acids is 1. The Morgan fingerprint density at radius 1 is 0.732 bits per heavy atom. The van der Waals surface area contributed by atoms with Crippen LogP contribution in [-0.2, 0) is 11.3 Å². The Balaban J connectivity index is 1.30. The molecular formula is C38H33NO2. The minimum atomic E-state index is -0.211. The predicted octanol–water partition coefficient (Wildman–Crippen LogP) is 9.68. The molecule has 41 heavy (non-hydrogen) atoms. The molecule has 1 heterocycles. The van der Waals surface area contributed by atoms with E-state index in [4.69, 9.17) is 4.74 Å². The molecule has 3 nitrogen and oxygen atoms in total. The van der Waals surface area contributed by atoms with Crippen LogP contribution in [-0.4, -0.2) is 16.6 Å². The van der Waals surface area contributed by atoms with Gasteiger partial charge in [-0.2, -0.15) is 0 Å². The minimum absolute atomic E-state index is 0.0404. The molecular weight excluding hydrogens is 502 g/mol. The van der Waals surface area contributed by atoms with Crippen LogP contribution < -0.4 is 0 Å². The van der Waals surface area contributed by atoms with Crippen LogP contribution in [0.15, 0.2) is 115 Å². The lowest BCUT2D eigenvalue weighted by molar-refractivity contribution is 0.00899. The molecule has 1 aromatic heterocycles. The van der Waals surface area contributed by atoms with Crippen molar-refractivity contribution in [3.63, 3.8) is 0 Å². The maximum atomic E-state index is 13.6. The number of rotatable bonds is 8. The predicted molar refractivity (Wildman–Crippen MR) is 170 cm³/mol. The van der Waals surface area contributed by atoms with Gasteiger partial charge in [0.2, 0.25) is 0 Å². The summed E-state index contributed by atoms with van der Waals surface area (Å²) in [6.45, 7) is 0.882. The minimum Gasteiger partial charge on any atom is -0.459 e. The normalized spacial score (nSPS) is 14.0. The van der Waals surface area contributed by atoms with E-state index < -0.39 is 0 Å². The van der Waals surface area contributed by atoms with Crippen molar-refractivity contribution in [2.45, 2.75) is 44.8 Å². The molecule has 0 bridgehead atoms. The highest BCUT2D eigenvalue weighted by molar-refractivity contribution is 6.08. The fraction of sp³-hybridized carbons (Fsp3) is 0.184. The number of para-hydroxylation sites is 2. The number of carbonyl (C=O) groups is 1. The van der Waals surface area contributed by atoms with Crippen molar-refractivity contribution in [2.24, 2.45) is 0 Å². The second-order valence-corrected chi connectivity index (χ2v) is 11.0. The van der Waals surface area contributed by atoms with Crippen LogP contribution in [0.3, 0.4) is 0 Å². The van der Waals surface area contributed by atoms with Gasteiger partial charge in [0, 0.05) is 28.4 Å². The maximum absolute atomic E-state index is 13.6. The lowest BCUT2D eigenvalue weighted by Gasteiger charge is -2.26. The Morgan fingerprint density at radius 2 is 1.37 bits per heavy atom. The molecule has 0 spiro atoms. The first-order chi connectivity index (χ1) is 20.3. The molecule has 5 aromatic carbocycles. The molecule has 0 atom stereocenters. The summed E-state index contributed by atoms with van der Waals surface area (Å²) in [5.41, 5.74) is 6.47. The highest BCUT2D eigenvalue weighted by atomic mass is 16.5. The van der Waals surface area contributed by atoms with Gasteiger partial charge in [0.05, 0.1) is 5.56 Å². The van der Waals surface area contributed by atoms with E-state index in [0.29, 0.717) is 5.56 Å². The van der Waals surface area contributed by atoms with Crippen molar-refractivity contribution >= 4 is 50.2 Å². The molecule has 1 aliphatic carbocycles. The molecule has 0 saturated heterocycles. The van der Waals surface area contributed by atoms with Crippen LogP contribution in [0, 0.1) is 0 Å². The third-order valence-corrected chi connectivity index (χ3v) is 8.44. The molecule has 0 amide bonds. The number of allylic oxidation sites excluding steroid dienone is 1. The van der Waals surface area contributed by atoms with Crippen molar-refractivity contribution in [3.05, 3.63) is 132 Å². The van der Waals surface area contributed by atoms with Crippen LogP contribution in [0.1, 0.15) is 53.6 Å². The summed E-state index contributed by atoms with van der Waals surface area (Å²) >= 11 is 0. The lowest BCUT2D eigenvalue weighted by atomic mass is 9.89. The summed E-state index contributed by atoms with van der Waals surface area (Å²) in [6, 6.07) is 40.2. The van der Waals surface area contributed by atoms with Gasteiger partial charge < -0.3 is 9.30 Å². The van der Waals surface area contributed by atoms with E-state index >= 15 is 0 Å². The van der Waals surface area contributed by atoms with Crippen molar-refractivity contribution < 1.29 is 9.53 Å². The molecule has 6 aromatic rings. The van der Waals surface area contributed by atoms with Crippen LogP contribution in [0.25, 0.3) is 44.2 Å². The number of ether oxygens (including phenoxy) is 1. The Labute approximate surface area is 240 Å². The van der Waals surface area contributed by atoms with Crippen LogP contribution in [0.4, 0.5) is 0 Å². The Bertz CT molecular complexity index is 1840. The Hall–Kier alpha value is -4.63. The standard InChI is InChI=1S/C38H33NO2/c40-38(41-30-16-10-17-30)34-24-23-28-14-4-5-18-31(28)37(34)29(26-27-12-2-1-3-13-27)15-11-25-39-35-21-8-6-19-32(35)33-20-7-9-22-36(33)39/h1-9,12-14,18-24,26,30H,10-11,15-17,25H2/b29-26-. The zero-order chi connectivity index (χ0) is 27.6. The second-order valence-electron chi connectivity index (χ2n) is 11.0. The molecule has 1 aliphatic rings. The van der Waals surface area contributed by atoms with Gasteiger partial charge >= 0.3 is 5.97 Å². The molecule has 0 radical (unpaired) electrons. The molecule has 0 N–H and O–H groups in total. The average Bonchev–Trinajstić information content (AvgIpc) is 3.32. The summed E-state index contributed by atoms with van der Waals surface area (Å²) in [5.74, 6) is -0.211. The molecule has 0 aliphatic heterocycles. The van der Waals surface area contributed by atoms with Crippen molar-refractivity contribution in [1.29, 1.82) is 0 Å². The zero-order valence-corrected chi connectivity index (χ0v) is 23.1. The SMILES string of the molecule is O=C(OC1CCC1)c1ccc2ccccc2c1/C(=C\c1ccccc1)CCCn1c2ccccc2c2ccccc21. The van der Waals surface area contributed by atoms with Crippen LogP contribution in [0.5, 0.6) is 0 Å². The molecule has 202 valence electrons. The zero-order valence-electron chi connectivity index (χ0n) is 23.1. The van der Waals surface area contributed by atoms with Gasteiger partial charge in [0.1, 0.15) is 6.10 Å². The first-order valence-corrected chi connectivity index (χ1v) is 14.7. The van der Waals surface area contributed by atoms with E-state index in [0.717, 1.165) is 66.1 Å². The van der Waals surface area contributed by atoms with Crippen molar-refractivity contribution in [2.75, 3.05) is 0 Å². The first-order valence-electron chi connectivity index (χ1n) is 14.7. The third-order valence-electron chi connectivity index (χ3n) is 8.44. The maximum Gasteiger partial charge on any atom is 0.339 e. The van der Waals surface area contributed by atoms with E-state index in [9.17, 15) is 4.79 Å². The number of nitrogens with zero attached hydrogens (tertiary/aromatic N) is 1. The monoisotopic (exact) mass is 535 g/mol. The highest BCUT2D eigenvalue weighted by Gasteiger charge is 2.25. The van der Waals surface area contributed by atoms with E-state index in [-0.39, 0.29) is 12.1 Å². The average molecular weight is 536 g/mol. The molecule has 0 unspecified atom stereocenters. The number of benzene rings is 5. The summed E-state index contributed by atoms with van der Waals surface area (Å²) in [6.07, 6.45) is 7.10. The summed E-state index contributed by atoms with van der Waals surface area (Å²) in [7, 11) is 0. The largest absolute Gasteiger partial charge is 0.459 e. The lowest BCUT2D eigenvalue weighted by Crippen LogP contribution is -2.25. The number of aryl methyl sites for hydroxylation is 1. The summed E-state index contributed by atoms with van der Waals surface area (Å²) < 4.78 is 8.40. The van der Waals surface area contributed by atoms with E-state index in [2.05, 4.69) is 114 Å². The molecule has 3 heteroatoms. The fourth-order valence-corrected chi connectivity index (χ4v) is 6.18. The first kappa shape index (κ1) is 25.3. The topological polar surface area (TPSA) is 31.2 Å². The van der Waals surface area contributed by atoms with Crippen molar-refractivity contribution in [1.82, 2.24) is 4.57 Å². The van der Waals surface area contributed by atoms with Crippen LogP contribution in [0.2, 0.25) is 0 Å². The Kier molecular flexibility index (Phi) is 6.86.